The van der Waals surface area contributed by atoms with E-state index in [2.05, 4.69) is 6.58 Å². The molecule has 0 N–H and O–H groups in total. The van der Waals surface area contributed by atoms with Crippen LogP contribution in [0.25, 0.3) is 0 Å². The van der Waals surface area contributed by atoms with Gasteiger partial charge in [-0.2, -0.15) is 8.42 Å². The molecular weight excluding hydrogens is 212 g/mol. The molecule has 1 aliphatic carbocycles. The van der Waals surface area contributed by atoms with Gasteiger partial charge in [0.05, 0.1) is 5.41 Å². The second-order valence-corrected chi connectivity index (χ2v) is 4.65. The van der Waals surface area contributed by atoms with Crippen molar-refractivity contribution in [3.63, 3.8) is 0 Å². The third kappa shape index (κ3) is 2.99. The van der Waals surface area contributed by atoms with Gasteiger partial charge >= 0.3 is 0 Å². The molecule has 5 heteroatoms. The van der Waals surface area contributed by atoms with Gasteiger partial charge in [-0.1, -0.05) is 36.4 Å². The monoisotopic (exact) mass is 220 g/mol. The predicted molar refractivity (Wildman–Crippen MR) is 51.7 cm³/mol. The second-order valence-electron chi connectivity index (χ2n) is 2.52. The maximum absolute atomic E-state index is 11.0. The van der Waals surface area contributed by atoms with Crippen LogP contribution in [0.4, 0.5) is 0 Å². The predicted octanol–water partition coefficient (Wildman–Crippen LogP) is 1.93. The molecule has 0 amide bonds. The van der Waals surface area contributed by atoms with Crippen molar-refractivity contribution >= 4 is 21.7 Å². The number of allylic oxidation sites excluding steroid dienone is 2. The van der Waals surface area contributed by atoms with Gasteiger partial charge in [-0.25, -0.2) is 4.18 Å². The summed E-state index contributed by atoms with van der Waals surface area (Å²) in [5, 5.41) is -0.564. The molecule has 0 fully saturated rings. The van der Waals surface area contributed by atoms with Gasteiger partial charge in [0, 0.05) is 6.42 Å². The molecule has 0 saturated carbocycles. The van der Waals surface area contributed by atoms with E-state index < -0.39 is 15.2 Å². The zero-order valence-corrected chi connectivity index (χ0v) is 8.38. The minimum atomic E-state index is -3.73. The smallest absolute Gasteiger partial charge is 0.239 e. The van der Waals surface area contributed by atoms with E-state index in [1.165, 1.54) is 6.08 Å². The van der Waals surface area contributed by atoms with Crippen LogP contribution < -0.4 is 0 Å². The van der Waals surface area contributed by atoms with Crippen molar-refractivity contribution in [2.45, 2.75) is 11.5 Å². The highest BCUT2D eigenvalue weighted by Gasteiger charge is 2.30. The van der Waals surface area contributed by atoms with Gasteiger partial charge in [-0.05, 0) is 6.08 Å². The summed E-state index contributed by atoms with van der Waals surface area (Å²) in [5.74, 6) is 0. The normalized spacial score (nSPS) is 27.5. The van der Waals surface area contributed by atoms with Gasteiger partial charge < -0.3 is 0 Å². The highest BCUT2D eigenvalue weighted by atomic mass is 35.5. The van der Waals surface area contributed by atoms with E-state index in [1.807, 2.05) is 0 Å². The molecule has 1 aliphatic rings. The van der Waals surface area contributed by atoms with Gasteiger partial charge in [0.2, 0.25) is 0 Å². The molecule has 0 aromatic heterocycles. The molecule has 0 aliphatic heterocycles. The molecule has 0 saturated heterocycles. The maximum atomic E-state index is 11.0. The van der Waals surface area contributed by atoms with Gasteiger partial charge in [-0.15, -0.1) is 0 Å². The molecule has 0 radical (unpaired) electrons. The van der Waals surface area contributed by atoms with Gasteiger partial charge in [0.1, 0.15) is 0 Å². The first-order valence-electron chi connectivity index (χ1n) is 3.59. The highest BCUT2D eigenvalue weighted by Crippen LogP contribution is 2.29. The molecule has 13 heavy (non-hydrogen) atoms. The van der Waals surface area contributed by atoms with E-state index in [0.29, 0.717) is 6.42 Å². The molecular formula is C8H9ClO3S. The van der Waals surface area contributed by atoms with Gasteiger partial charge in [0.15, 0.2) is 5.06 Å². The molecule has 0 bridgehead atoms. The highest BCUT2D eigenvalue weighted by molar-refractivity contribution is 7.89. The Kier molecular flexibility index (Phi) is 2.95. The summed E-state index contributed by atoms with van der Waals surface area (Å²) in [6.45, 7) is 3.12. The minimum absolute atomic E-state index is 0.318. The summed E-state index contributed by atoms with van der Waals surface area (Å²) >= 11 is 5.85. The number of alkyl halides is 1. The van der Waals surface area contributed by atoms with Crippen LogP contribution in [0.1, 0.15) is 6.42 Å². The van der Waals surface area contributed by atoms with Crippen LogP contribution in [0.15, 0.2) is 36.3 Å². The van der Waals surface area contributed by atoms with Gasteiger partial charge in [0.25, 0.3) is 10.1 Å². The maximum Gasteiger partial charge on any atom is 0.291 e. The Morgan fingerprint density at radius 1 is 1.54 bits per heavy atom. The fourth-order valence-electron chi connectivity index (χ4n) is 0.864. The number of hydrogen-bond donors (Lipinski definition) is 0. The Balaban J connectivity index is 2.79. The summed E-state index contributed by atoms with van der Waals surface area (Å²) in [6, 6.07) is 0. The molecule has 0 aromatic rings. The minimum Gasteiger partial charge on any atom is -0.239 e. The Labute approximate surface area is 82.5 Å². The van der Waals surface area contributed by atoms with E-state index in [9.17, 15) is 8.42 Å². The van der Waals surface area contributed by atoms with Crippen molar-refractivity contribution in [3.05, 3.63) is 36.3 Å². The summed E-state index contributed by atoms with van der Waals surface area (Å²) in [4.78, 5) is 0. The first-order chi connectivity index (χ1) is 5.97. The SMILES string of the molecule is C=CS(=O)(=O)OC1(Cl)C=CC=CC1. The van der Waals surface area contributed by atoms with Crippen LogP contribution in [0.3, 0.4) is 0 Å². The summed E-state index contributed by atoms with van der Waals surface area (Å²) in [7, 11) is -3.73. The lowest BCUT2D eigenvalue weighted by molar-refractivity contribution is 0.221. The fourth-order valence-corrected chi connectivity index (χ4v) is 1.87. The lowest BCUT2D eigenvalue weighted by Crippen LogP contribution is -2.26. The average molecular weight is 221 g/mol. The Morgan fingerprint density at radius 2 is 2.23 bits per heavy atom. The molecule has 0 spiro atoms. The van der Waals surface area contributed by atoms with Crippen molar-refractivity contribution < 1.29 is 12.6 Å². The lowest BCUT2D eigenvalue weighted by atomic mass is 10.1. The van der Waals surface area contributed by atoms with Crippen molar-refractivity contribution in [1.29, 1.82) is 0 Å². The van der Waals surface area contributed by atoms with Crippen molar-refractivity contribution in [1.82, 2.24) is 0 Å². The first kappa shape index (κ1) is 10.5. The van der Waals surface area contributed by atoms with Crippen molar-refractivity contribution in [2.75, 3.05) is 0 Å². The van der Waals surface area contributed by atoms with Crippen LogP contribution in [-0.4, -0.2) is 13.5 Å². The Hall–Kier alpha value is -0.580. The average Bonchev–Trinajstić information content (AvgIpc) is 2.04. The topological polar surface area (TPSA) is 43.4 Å². The van der Waals surface area contributed by atoms with Crippen molar-refractivity contribution in [2.24, 2.45) is 0 Å². The largest absolute Gasteiger partial charge is 0.291 e. The van der Waals surface area contributed by atoms with Crippen LogP contribution in [0.2, 0.25) is 0 Å². The summed E-state index contributed by atoms with van der Waals surface area (Å²) in [5.41, 5.74) is 0. The fraction of sp³-hybridized carbons (Fsp3) is 0.250. The van der Waals surface area contributed by atoms with Crippen LogP contribution in [0, 0.1) is 0 Å². The zero-order valence-electron chi connectivity index (χ0n) is 6.81. The zero-order chi connectivity index (χ0) is 9.95. The number of halogens is 1. The molecule has 3 nitrogen and oxygen atoms in total. The van der Waals surface area contributed by atoms with E-state index in [1.54, 1.807) is 18.2 Å². The molecule has 1 rings (SSSR count). The molecule has 1 atom stereocenters. The van der Waals surface area contributed by atoms with Crippen LogP contribution in [-0.2, 0) is 14.3 Å². The molecule has 72 valence electrons. The second kappa shape index (κ2) is 3.65. The van der Waals surface area contributed by atoms with E-state index in [4.69, 9.17) is 15.8 Å². The first-order valence-corrected chi connectivity index (χ1v) is 5.44. The lowest BCUT2D eigenvalue weighted by Gasteiger charge is -2.22. The van der Waals surface area contributed by atoms with E-state index in [-0.39, 0.29) is 0 Å². The Bertz CT molecular complexity index is 356. The van der Waals surface area contributed by atoms with E-state index in [0.717, 1.165) is 5.41 Å². The number of rotatable bonds is 3. The Morgan fingerprint density at radius 3 is 2.69 bits per heavy atom. The third-order valence-electron chi connectivity index (χ3n) is 1.45. The number of hydrogen-bond acceptors (Lipinski definition) is 3. The van der Waals surface area contributed by atoms with E-state index >= 15 is 0 Å². The molecule has 0 aromatic carbocycles. The van der Waals surface area contributed by atoms with Crippen molar-refractivity contribution in [3.8, 4) is 0 Å². The third-order valence-corrected chi connectivity index (χ3v) is 2.83. The molecule has 1 unspecified atom stereocenters. The molecule has 0 heterocycles. The van der Waals surface area contributed by atoms with Gasteiger partial charge in [-0.3, -0.25) is 0 Å². The standard InChI is InChI=1S/C8H9ClO3S/c1-2-13(10,11)12-8(9)6-4-3-5-7-8/h2-6H,1,7H2. The quantitative estimate of drug-likeness (QED) is 0.539. The van der Waals surface area contributed by atoms with Crippen LogP contribution >= 0.6 is 11.6 Å². The summed E-state index contributed by atoms with van der Waals surface area (Å²) < 4.78 is 26.7. The summed E-state index contributed by atoms with van der Waals surface area (Å²) in [6.07, 6.45) is 6.93. The van der Waals surface area contributed by atoms with Crippen LogP contribution in [0.5, 0.6) is 0 Å².